The number of anilines is 2. The molecule has 1 fully saturated rings. The lowest BCUT2D eigenvalue weighted by atomic mass is 10.1. The van der Waals surface area contributed by atoms with E-state index in [0.717, 1.165) is 18.5 Å². The second-order valence-corrected chi connectivity index (χ2v) is 8.62. The standard InChI is InChI=1S/C20H24N4O3S/c1-4-27-19-8-7-16(12-20(19)28(25,26)24-9-5-6-10-24)23-18-11-14(2)22-15(3)17(18)13-21/h7-8,11-12H,4-6,9-10H2,1-3H3,(H,22,23). The van der Waals surface area contributed by atoms with Crippen LogP contribution in [-0.4, -0.2) is 37.4 Å². The fourth-order valence-corrected chi connectivity index (χ4v) is 5.03. The molecule has 8 heteroatoms. The third-order valence-electron chi connectivity index (χ3n) is 4.65. The molecule has 1 saturated heterocycles. The van der Waals surface area contributed by atoms with Gasteiger partial charge in [-0.05, 0) is 57.9 Å². The first-order valence-electron chi connectivity index (χ1n) is 9.29. The zero-order valence-corrected chi connectivity index (χ0v) is 17.1. The zero-order chi connectivity index (χ0) is 20.3. The van der Waals surface area contributed by atoms with Crippen molar-refractivity contribution in [2.75, 3.05) is 25.0 Å². The summed E-state index contributed by atoms with van der Waals surface area (Å²) in [6.45, 7) is 6.86. The van der Waals surface area contributed by atoms with E-state index in [2.05, 4.69) is 16.4 Å². The second-order valence-electron chi connectivity index (χ2n) is 6.71. The number of benzene rings is 1. The number of aryl methyl sites for hydroxylation is 2. The Morgan fingerprint density at radius 1 is 1.25 bits per heavy atom. The normalized spacial score (nSPS) is 14.6. The minimum absolute atomic E-state index is 0.141. The van der Waals surface area contributed by atoms with E-state index in [-0.39, 0.29) is 4.90 Å². The number of nitrogens with zero attached hydrogens (tertiary/aromatic N) is 3. The number of aromatic nitrogens is 1. The molecule has 2 heterocycles. The Hall–Kier alpha value is -2.63. The predicted molar refractivity (Wildman–Crippen MR) is 107 cm³/mol. The van der Waals surface area contributed by atoms with Gasteiger partial charge in [0.2, 0.25) is 10.0 Å². The monoisotopic (exact) mass is 400 g/mol. The molecule has 0 bridgehead atoms. The lowest BCUT2D eigenvalue weighted by molar-refractivity contribution is 0.330. The van der Waals surface area contributed by atoms with E-state index in [9.17, 15) is 13.7 Å². The van der Waals surface area contributed by atoms with Crippen molar-refractivity contribution in [2.45, 2.75) is 38.5 Å². The Labute approximate surface area is 166 Å². The summed E-state index contributed by atoms with van der Waals surface area (Å²) in [6.07, 6.45) is 1.73. The third-order valence-corrected chi connectivity index (χ3v) is 6.57. The molecule has 1 aliphatic rings. The van der Waals surface area contributed by atoms with Crippen molar-refractivity contribution < 1.29 is 13.2 Å². The van der Waals surface area contributed by atoms with E-state index in [1.54, 1.807) is 31.2 Å². The van der Waals surface area contributed by atoms with E-state index < -0.39 is 10.0 Å². The summed E-state index contributed by atoms with van der Waals surface area (Å²) in [5.41, 5.74) is 3.00. The molecule has 0 aliphatic carbocycles. The number of rotatable bonds is 6. The van der Waals surface area contributed by atoms with Gasteiger partial charge in [0, 0.05) is 24.5 Å². The zero-order valence-electron chi connectivity index (χ0n) is 16.3. The van der Waals surface area contributed by atoms with Crippen LogP contribution in [0.5, 0.6) is 5.75 Å². The van der Waals surface area contributed by atoms with Crippen molar-refractivity contribution in [3.8, 4) is 11.8 Å². The highest BCUT2D eigenvalue weighted by molar-refractivity contribution is 7.89. The fourth-order valence-electron chi connectivity index (χ4n) is 3.35. The Bertz CT molecular complexity index is 1020. The molecule has 7 nitrogen and oxygen atoms in total. The number of nitrogens with one attached hydrogen (secondary N) is 1. The smallest absolute Gasteiger partial charge is 0.246 e. The number of hydrogen-bond acceptors (Lipinski definition) is 6. The number of ether oxygens (including phenoxy) is 1. The van der Waals surface area contributed by atoms with Crippen LogP contribution >= 0.6 is 0 Å². The number of sulfonamides is 1. The molecule has 0 unspecified atom stereocenters. The van der Waals surface area contributed by atoms with Crippen LogP contribution in [0.4, 0.5) is 11.4 Å². The van der Waals surface area contributed by atoms with Gasteiger partial charge in [0.15, 0.2) is 0 Å². The molecular formula is C20H24N4O3S. The van der Waals surface area contributed by atoms with Gasteiger partial charge in [0.1, 0.15) is 16.7 Å². The first-order valence-corrected chi connectivity index (χ1v) is 10.7. The van der Waals surface area contributed by atoms with E-state index in [1.165, 1.54) is 4.31 Å². The largest absolute Gasteiger partial charge is 0.492 e. The molecule has 1 aliphatic heterocycles. The number of nitriles is 1. The predicted octanol–water partition coefficient (Wildman–Crippen LogP) is 3.50. The highest BCUT2D eigenvalue weighted by Crippen LogP contribution is 2.33. The molecule has 0 atom stereocenters. The summed E-state index contributed by atoms with van der Waals surface area (Å²) in [4.78, 5) is 4.45. The minimum atomic E-state index is -3.65. The molecule has 28 heavy (non-hydrogen) atoms. The molecule has 3 rings (SSSR count). The topological polar surface area (TPSA) is 95.3 Å². The maximum atomic E-state index is 13.1. The van der Waals surface area contributed by atoms with Gasteiger partial charge in [-0.15, -0.1) is 0 Å². The summed E-state index contributed by atoms with van der Waals surface area (Å²) in [6, 6.07) is 8.91. The maximum absolute atomic E-state index is 13.1. The van der Waals surface area contributed by atoms with Gasteiger partial charge in [-0.25, -0.2) is 8.42 Å². The SMILES string of the molecule is CCOc1ccc(Nc2cc(C)nc(C)c2C#N)cc1S(=O)(=O)N1CCCC1. The lowest BCUT2D eigenvalue weighted by Gasteiger charge is -2.19. The average molecular weight is 401 g/mol. The maximum Gasteiger partial charge on any atom is 0.246 e. The summed E-state index contributed by atoms with van der Waals surface area (Å²) < 4.78 is 33.3. The summed E-state index contributed by atoms with van der Waals surface area (Å²) in [7, 11) is -3.65. The molecule has 1 aromatic carbocycles. The third kappa shape index (κ3) is 3.96. The first-order chi connectivity index (χ1) is 13.4. The van der Waals surface area contributed by atoms with Crippen LogP contribution < -0.4 is 10.1 Å². The van der Waals surface area contributed by atoms with E-state index >= 15 is 0 Å². The van der Waals surface area contributed by atoms with Gasteiger partial charge in [0.05, 0.1) is 23.6 Å². The second kappa shape index (κ2) is 8.17. The van der Waals surface area contributed by atoms with Gasteiger partial charge >= 0.3 is 0 Å². The average Bonchev–Trinajstić information content (AvgIpc) is 3.18. The Morgan fingerprint density at radius 3 is 2.61 bits per heavy atom. The molecule has 1 N–H and O–H groups in total. The molecule has 2 aromatic rings. The first kappa shape index (κ1) is 20.1. The molecule has 0 saturated carbocycles. The van der Waals surface area contributed by atoms with E-state index in [4.69, 9.17) is 4.74 Å². The van der Waals surface area contributed by atoms with Gasteiger partial charge < -0.3 is 10.1 Å². The fraction of sp³-hybridized carbons (Fsp3) is 0.400. The van der Waals surface area contributed by atoms with Gasteiger partial charge in [0.25, 0.3) is 0 Å². The molecular weight excluding hydrogens is 376 g/mol. The number of hydrogen-bond donors (Lipinski definition) is 1. The van der Waals surface area contributed by atoms with Crippen molar-refractivity contribution in [2.24, 2.45) is 0 Å². The quantitative estimate of drug-likeness (QED) is 0.797. The van der Waals surface area contributed by atoms with Gasteiger partial charge in [-0.1, -0.05) is 0 Å². The van der Waals surface area contributed by atoms with Crippen molar-refractivity contribution in [1.29, 1.82) is 5.26 Å². The van der Waals surface area contributed by atoms with Crippen LogP contribution in [0.3, 0.4) is 0 Å². The van der Waals surface area contributed by atoms with Crippen LogP contribution in [0, 0.1) is 25.2 Å². The van der Waals surface area contributed by atoms with E-state index in [0.29, 0.717) is 48.1 Å². The molecule has 1 aromatic heterocycles. The van der Waals surface area contributed by atoms with E-state index in [1.807, 2.05) is 13.8 Å². The van der Waals surface area contributed by atoms with Crippen LogP contribution in [0.1, 0.15) is 36.7 Å². The Balaban J connectivity index is 2.04. The highest BCUT2D eigenvalue weighted by Gasteiger charge is 2.30. The Kier molecular flexibility index (Phi) is 5.87. The summed E-state index contributed by atoms with van der Waals surface area (Å²) >= 11 is 0. The van der Waals surface area contributed by atoms with Crippen LogP contribution in [-0.2, 0) is 10.0 Å². The van der Waals surface area contributed by atoms with Crippen LogP contribution in [0.2, 0.25) is 0 Å². The molecule has 0 amide bonds. The van der Waals surface area contributed by atoms with Crippen LogP contribution in [0.15, 0.2) is 29.2 Å². The minimum Gasteiger partial charge on any atom is -0.492 e. The summed E-state index contributed by atoms with van der Waals surface area (Å²) in [5.74, 6) is 0.336. The molecule has 148 valence electrons. The van der Waals surface area contributed by atoms with Crippen molar-refractivity contribution in [3.63, 3.8) is 0 Å². The van der Waals surface area contributed by atoms with Crippen molar-refractivity contribution >= 4 is 21.4 Å². The van der Waals surface area contributed by atoms with Gasteiger partial charge in [-0.3, -0.25) is 4.98 Å². The van der Waals surface area contributed by atoms with Gasteiger partial charge in [-0.2, -0.15) is 9.57 Å². The number of pyridine rings is 1. The van der Waals surface area contributed by atoms with Crippen molar-refractivity contribution in [1.82, 2.24) is 9.29 Å². The summed E-state index contributed by atoms with van der Waals surface area (Å²) in [5, 5.41) is 12.6. The molecule has 0 spiro atoms. The van der Waals surface area contributed by atoms with Crippen LogP contribution in [0.25, 0.3) is 0 Å². The van der Waals surface area contributed by atoms with Crippen molar-refractivity contribution in [3.05, 3.63) is 41.2 Å². The lowest BCUT2D eigenvalue weighted by Crippen LogP contribution is -2.28. The molecule has 0 radical (unpaired) electrons. The Morgan fingerprint density at radius 2 is 1.96 bits per heavy atom. The highest BCUT2D eigenvalue weighted by atomic mass is 32.2.